The standard InChI is InChI=1S/C17H14N4O2/c1-11(22)20-12-5-4-6-13(9-12)21-17(23)16-14-7-2-3-8-15(14)18-10-19-16/h2-10H,1H3,(H,20,22)(H,21,23). The minimum atomic E-state index is -0.330. The van der Waals surface area contributed by atoms with Gasteiger partial charge in [0.1, 0.15) is 12.0 Å². The Hall–Kier alpha value is -3.28. The smallest absolute Gasteiger partial charge is 0.275 e. The number of anilines is 2. The molecule has 2 amide bonds. The normalized spacial score (nSPS) is 10.3. The van der Waals surface area contributed by atoms with Crippen LogP contribution in [0.3, 0.4) is 0 Å². The molecular formula is C17H14N4O2. The van der Waals surface area contributed by atoms with Gasteiger partial charge in [-0.05, 0) is 24.3 Å². The number of aromatic nitrogens is 2. The van der Waals surface area contributed by atoms with Crippen LogP contribution in [0.2, 0.25) is 0 Å². The van der Waals surface area contributed by atoms with Crippen LogP contribution in [0.5, 0.6) is 0 Å². The van der Waals surface area contributed by atoms with Crippen molar-refractivity contribution in [3.05, 3.63) is 60.6 Å². The minimum Gasteiger partial charge on any atom is -0.326 e. The van der Waals surface area contributed by atoms with Crippen LogP contribution in [0.25, 0.3) is 10.9 Å². The first-order chi connectivity index (χ1) is 11.1. The molecule has 0 bridgehead atoms. The molecule has 3 rings (SSSR count). The zero-order valence-corrected chi connectivity index (χ0v) is 12.4. The molecule has 0 aliphatic rings. The Bertz CT molecular complexity index is 887. The Morgan fingerprint density at radius 3 is 2.43 bits per heavy atom. The molecule has 0 fully saturated rings. The van der Waals surface area contributed by atoms with Crippen molar-refractivity contribution in [2.45, 2.75) is 6.92 Å². The van der Waals surface area contributed by atoms with Crippen LogP contribution in [-0.4, -0.2) is 21.8 Å². The number of nitrogens with zero attached hydrogens (tertiary/aromatic N) is 2. The summed E-state index contributed by atoms with van der Waals surface area (Å²) in [7, 11) is 0. The Morgan fingerprint density at radius 2 is 1.65 bits per heavy atom. The molecule has 0 saturated carbocycles. The summed E-state index contributed by atoms with van der Waals surface area (Å²) in [6, 6.07) is 14.2. The average Bonchev–Trinajstić information content (AvgIpc) is 2.54. The van der Waals surface area contributed by atoms with Gasteiger partial charge in [-0.15, -0.1) is 0 Å². The number of rotatable bonds is 3. The first-order valence-corrected chi connectivity index (χ1v) is 7.02. The van der Waals surface area contributed by atoms with Crippen molar-refractivity contribution in [3.8, 4) is 0 Å². The number of hydrogen-bond donors (Lipinski definition) is 2. The van der Waals surface area contributed by atoms with Crippen LogP contribution >= 0.6 is 0 Å². The average molecular weight is 306 g/mol. The fraction of sp³-hybridized carbons (Fsp3) is 0.0588. The third kappa shape index (κ3) is 3.32. The zero-order chi connectivity index (χ0) is 16.2. The molecule has 0 unspecified atom stereocenters. The quantitative estimate of drug-likeness (QED) is 0.779. The molecule has 0 atom stereocenters. The SMILES string of the molecule is CC(=O)Nc1cccc(NC(=O)c2ncnc3ccccc23)c1. The molecule has 0 radical (unpaired) electrons. The fourth-order valence-electron chi connectivity index (χ4n) is 2.25. The summed E-state index contributed by atoms with van der Waals surface area (Å²) in [6.45, 7) is 1.43. The van der Waals surface area contributed by atoms with Crippen molar-refractivity contribution in [1.82, 2.24) is 9.97 Å². The van der Waals surface area contributed by atoms with Crippen molar-refractivity contribution in [2.75, 3.05) is 10.6 Å². The minimum absolute atomic E-state index is 0.171. The molecular weight excluding hydrogens is 292 g/mol. The van der Waals surface area contributed by atoms with Crippen molar-refractivity contribution in [1.29, 1.82) is 0 Å². The predicted octanol–water partition coefficient (Wildman–Crippen LogP) is 2.84. The van der Waals surface area contributed by atoms with Crippen LogP contribution < -0.4 is 10.6 Å². The van der Waals surface area contributed by atoms with E-state index in [1.165, 1.54) is 13.3 Å². The van der Waals surface area contributed by atoms with Gasteiger partial charge in [0.15, 0.2) is 0 Å². The van der Waals surface area contributed by atoms with E-state index in [0.717, 1.165) is 0 Å². The van der Waals surface area contributed by atoms with Gasteiger partial charge in [-0.2, -0.15) is 0 Å². The lowest BCUT2D eigenvalue weighted by molar-refractivity contribution is -0.114. The van der Waals surface area contributed by atoms with Gasteiger partial charge in [0.25, 0.3) is 5.91 Å². The van der Waals surface area contributed by atoms with E-state index in [9.17, 15) is 9.59 Å². The summed E-state index contributed by atoms with van der Waals surface area (Å²) in [4.78, 5) is 31.8. The number of fused-ring (bicyclic) bond motifs is 1. The molecule has 2 N–H and O–H groups in total. The van der Waals surface area contributed by atoms with Crippen LogP contribution in [0.15, 0.2) is 54.9 Å². The van der Waals surface area contributed by atoms with Crippen molar-refractivity contribution in [2.24, 2.45) is 0 Å². The largest absolute Gasteiger partial charge is 0.326 e. The van der Waals surface area contributed by atoms with Gasteiger partial charge < -0.3 is 10.6 Å². The number of hydrogen-bond acceptors (Lipinski definition) is 4. The van der Waals surface area contributed by atoms with Crippen molar-refractivity contribution < 1.29 is 9.59 Å². The highest BCUT2D eigenvalue weighted by atomic mass is 16.2. The maximum atomic E-state index is 12.5. The summed E-state index contributed by atoms with van der Waals surface area (Å²) in [5.74, 6) is -0.501. The molecule has 6 nitrogen and oxygen atoms in total. The second-order valence-electron chi connectivity index (χ2n) is 4.96. The van der Waals surface area contributed by atoms with Crippen LogP contribution in [0, 0.1) is 0 Å². The van der Waals surface area contributed by atoms with E-state index in [1.807, 2.05) is 18.2 Å². The van der Waals surface area contributed by atoms with Gasteiger partial charge in [-0.3, -0.25) is 9.59 Å². The van der Waals surface area contributed by atoms with Gasteiger partial charge in [0.05, 0.1) is 5.52 Å². The highest BCUT2D eigenvalue weighted by Crippen LogP contribution is 2.18. The van der Waals surface area contributed by atoms with Gasteiger partial charge in [-0.25, -0.2) is 9.97 Å². The van der Waals surface area contributed by atoms with Crippen molar-refractivity contribution in [3.63, 3.8) is 0 Å². The third-order valence-corrected chi connectivity index (χ3v) is 3.20. The zero-order valence-electron chi connectivity index (χ0n) is 12.4. The van der Waals surface area contributed by atoms with E-state index in [4.69, 9.17) is 0 Å². The van der Waals surface area contributed by atoms with E-state index in [0.29, 0.717) is 28.0 Å². The monoisotopic (exact) mass is 306 g/mol. The van der Waals surface area contributed by atoms with E-state index >= 15 is 0 Å². The lowest BCUT2D eigenvalue weighted by Gasteiger charge is -2.08. The maximum absolute atomic E-state index is 12.5. The second kappa shape index (κ2) is 6.23. The van der Waals surface area contributed by atoms with Gasteiger partial charge in [0.2, 0.25) is 5.91 Å². The summed E-state index contributed by atoms with van der Waals surface area (Å²) >= 11 is 0. The first kappa shape index (κ1) is 14.6. The molecule has 23 heavy (non-hydrogen) atoms. The Balaban J connectivity index is 1.88. The second-order valence-corrected chi connectivity index (χ2v) is 4.96. The lowest BCUT2D eigenvalue weighted by atomic mass is 10.1. The molecule has 3 aromatic rings. The van der Waals surface area contributed by atoms with E-state index in [1.54, 1.807) is 30.3 Å². The lowest BCUT2D eigenvalue weighted by Crippen LogP contribution is -2.15. The van der Waals surface area contributed by atoms with Gasteiger partial charge in [0, 0.05) is 23.7 Å². The molecule has 1 aromatic heterocycles. The maximum Gasteiger partial charge on any atom is 0.275 e. The molecule has 1 heterocycles. The van der Waals surface area contributed by atoms with E-state index in [2.05, 4.69) is 20.6 Å². The molecule has 0 saturated heterocycles. The van der Waals surface area contributed by atoms with Crippen LogP contribution in [0.1, 0.15) is 17.4 Å². The summed E-state index contributed by atoms with van der Waals surface area (Å²) < 4.78 is 0. The number of carbonyl (C=O) groups is 2. The highest BCUT2D eigenvalue weighted by Gasteiger charge is 2.12. The van der Waals surface area contributed by atoms with Gasteiger partial charge in [-0.1, -0.05) is 24.3 Å². The molecule has 6 heteroatoms. The molecule has 2 aromatic carbocycles. The summed E-state index contributed by atoms with van der Waals surface area (Å²) in [5, 5.41) is 6.14. The summed E-state index contributed by atoms with van der Waals surface area (Å²) in [5.41, 5.74) is 2.20. The number of amides is 2. The van der Waals surface area contributed by atoms with Crippen LogP contribution in [-0.2, 0) is 4.79 Å². The Morgan fingerprint density at radius 1 is 0.913 bits per heavy atom. The van der Waals surface area contributed by atoms with Gasteiger partial charge >= 0.3 is 0 Å². The molecule has 114 valence electrons. The number of nitrogens with one attached hydrogen (secondary N) is 2. The third-order valence-electron chi connectivity index (χ3n) is 3.20. The first-order valence-electron chi connectivity index (χ1n) is 7.02. The van der Waals surface area contributed by atoms with Crippen LogP contribution in [0.4, 0.5) is 11.4 Å². The molecule has 0 aliphatic carbocycles. The van der Waals surface area contributed by atoms with E-state index in [-0.39, 0.29) is 11.8 Å². The fourth-order valence-corrected chi connectivity index (χ4v) is 2.25. The Kier molecular flexibility index (Phi) is 3.97. The van der Waals surface area contributed by atoms with Crippen molar-refractivity contribution >= 4 is 34.1 Å². The van der Waals surface area contributed by atoms with E-state index < -0.39 is 0 Å². The highest BCUT2D eigenvalue weighted by molar-refractivity contribution is 6.10. The predicted molar refractivity (Wildman–Crippen MR) is 88.2 cm³/mol. The molecule has 0 aliphatic heterocycles. The number of carbonyl (C=O) groups excluding carboxylic acids is 2. The number of para-hydroxylation sites is 1. The summed E-state index contributed by atoms with van der Waals surface area (Å²) in [6.07, 6.45) is 1.37. The topological polar surface area (TPSA) is 84.0 Å². The molecule has 0 spiro atoms. The number of benzene rings is 2. The Labute approximate surface area is 132 Å².